The first-order chi connectivity index (χ1) is 10.2. The van der Waals surface area contributed by atoms with E-state index in [0.29, 0.717) is 39.1 Å². The van der Waals surface area contributed by atoms with Crippen LogP contribution in [0.1, 0.15) is 25.3 Å². The van der Waals surface area contributed by atoms with Crippen LogP contribution in [0.15, 0.2) is 30.3 Å². The van der Waals surface area contributed by atoms with E-state index < -0.39 is 0 Å². The third-order valence-electron chi connectivity index (χ3n) is 3.70. The maximum absolute atomic E-state index is 12.1. The molecule has 0 radical (unpaired) electrons. The molecule has 2 rings (SSSR count). The van der Waals surface area contributed by atoms with Crippen molar-refractivity contribution in [3.63, 3.8) is 0 Å². The first-order valence-corrected chi connectivity index (χ1v) is 7.44. The van der Waals surface area contributed by atoms with Crippen molar-refractivity contribution >= 4 is 12.0 Å². The Kier molecular flexibility index (Phi) is 5.60. The van der Waals surface area contributed by atoms with Crippen molar-refractivity contribution in [3.05, 3.63) is 35.9 Å². The third kappa shape index (κ3) is 4.48. The van der Waals surface area contributed by atoms with E-state index in [1.807, 2.05) is 30.3 Å². The molecule has 0 bridgehead atoms. The molecule has 0 spiro atoms. The second kappa shape index (κ2) is 7.67. The van der Waals surface area contributed by atoms with E-state index in [1.54, 1.807) is 11.8 Å². The fourth-order valence-corrected chi connectivity index (χ4v) is 2.47. The van der Waals surface area contributed by atoms with Gasteiger partial charge in [-0.2, -0.15) is 0 Å². The third-order valence-corrected chi connectivity index (χ3v) is 3.70. The Morgan fingerprint density at radius 3 is 2.52 bits per heavy atom. The smallest absolute Gasteiger partial charge is 0.409 e. The number of carbonyl (C=O) groups excluding carboxylic acids is 2. The Morgan fingerprint density at radius 1 is 1.24 bits per heavy atom. The van der Waals surface area contributed by atoms with Gasteiger partial charge in [0, 0.05) is 25.6 Å². The zero-order valence-corrected chi connectivity index (χ0v) is 12.4. The topological polar surface area (TPSA) is 58.6 Å². The van der Waals surface area contributed by atoms with Gasteiger partial charge in [0.05, 0.1) is 6.61 Å². The van der Waals surface area contributed by atoms with Gasteiger partial charge in [-0.25, -0.2) is 4.79 Å². The monoisotopic (exact) mass is 290 g/mol. The molecule has 5 nitrogen and oxygen atoms in total. The van der Waals surface area contributed by atoms with Crippen molar-refractivity contribution in [1.82, 2.24) is 10.2 Å². The molecule has 1 saturated heterocycles. The number of hydrogen-bond acceptors (Lipinski definition) is 3. The summed E-state index contributed by atoms with van der Waals surface area (Å²) in [7, 11) is 0. The first kappa shape index (κ1) is 15.4. The van der Waals surface area contributed by atoms with Crippen molar-refractivity contribution in [2.24, 2.45) is 5.92 Å². The molecule has 1 heterocycles. The second-order valence-corrected chi connectivity index (χ2v) is 5.16. The lowest BCUT2D eigenvalue weighted by Gasteiger charge is -2.30. The lowest BCUT2D eigenvalue weighted by Crippen LogP contribution is -2.43. The van der Waals surface area contributed by atoms with Crippen LogP contribution in [-0.2, 0) is 16.1 Å². The summed E-state index contributed by atoms with van der Waals surface area (Å²) < 4.78 is 4.97. The van der Waals surface area contributed by atoms with Gasteiger partial charge in [0.15, 0.2) is 0 Å². The van der Waals surface area contributed by atoms with Gasteiger partial charge in [-0.15, -0.1) is 0 Å². The summed E-state index contributed by atoms with van der Waals surface area (Å²) >= 11 is 0. The molecule has 0 saturated carbocycles. The van der Waals surface area contributed by atoms with E-state index >= 15 is 0 Å². The van der Waals surface area contributed by atoms with E-state index in [2.05, 4.69) is 5.32 Å². The summed E-state index contributed by atoms with van der Waals surface area (Å²) in [6, 6.07) is 9.85. The maximum atomic E-state index is 12.1. The fourth-order valence-electron chi connectivity index (χ4n) is 2.47. The number of benzene rings is 1. The van der Waals surface area contributed by atoms with E-state index in [1.165, 1.54) is 0 Å². The Bertz CT molecular complexity index is 468. The molecule has 1 aromatic carbocycles. The van der Waals surface area contributed by atoms with E-state index in [9.17, 15) is 9.59 Å². The summed E-state index contributed by atoms with van der Waals surface area (Å²) in [6.07, 6.45) is 1.11. The van der Waals surface area contributed by atoms with Gasteiger partial charge in [0.1, 0.15) is 0 Å². The lowest BCUT2D eigenvalue weighted by molar-refractivity contribution is -0.126. The zero-order valence-electron chi connectivity index (χ0n) is 12.4. The molecular weight excluding hydrogens is 268 g/mol. The van der Waals surface area contributed by atoms with Gasteiger partial charge in [-0.1, -0.05) is 30.3 Å². The summed E-state index contributed by atoms with van der Waals surface area (Å²) in [5.41, 5.74) is 1.09. The van der Waals surface area contributed by atoms with Crippen LogP contribution in [0.4, 0.5) is 4.79 Å². The molecule has 0 unspecified atom stereocenters. The number of amides is 2. The average molecular weight is 290 g/mol. The van der Waals surface area contributed by atoms with E-state index in [4.69, 9.17) is 4.74 Å². The highest BCUT2D eigenvalue weighted by molar-refractivity contribution is 5.79. The van der Waals surface area contributed by atoms with Crippen LogP contribution in [0.5, 0.6) is 0 Å². The van der Waals surface area contributed by atoms with Crippen molar-refractivity contribution in [2.45, 2.75) is 26.3 Å². The molecular formula is C16H22N2O3. The van der Waals surface area contributed by atoms with Crippen molar-refractivity contribution in [3.8, 4) is 0 Å². The SMILES string of the molecule is CCOC(=O)N1CCC(C(=O)NCc2ccccc2)CC1. The zero-order chi connectivity index (χ0) is 15.1. The minimum Gasteiger partial charge on any atom is -0.450 e. The van der Waals surface area contributed by atoms with E-state index in [-0.39, 0.29) is 17.9 Å². The quantitative estimate of drug-likeness (QED) is 0.924. The molecule has 1 fully saturated rings. The summed E-state index contributed by atoms with van der Waals surface area (Å²) in [5, 5.41) is 2.96. The number of hydrogen-bond donors (Lipinski definition) is 1. The minimum atomic E-state index is -0.277. The van der Waals surface area contributed by atoms with Gasteiger partial charge in [0.25, 0.3) is 0 Å². The largest absolute Gasteiger partial charge is 0.450 e. The number of piperidine rings is 1. The summed E-state index contributed by atoms with van der Waals surface area (Å²) in [5.74, 6) is 0.0572. The number of rotatable bonds is 4. The molecule has 2 amide bonds. The molecule has 1 N–H and O–H groups in total. The van der Waals surface area contributed by atoms with Crippen LogP contribution in [-0.4, -0.2) is 36.6 Å². The Labute approximate surface area is 125 Å². The standard InChI is InChI=1S/C16H22N2O3/c1-2-21-16(20)18-10-8-14(9-11-18)15(19)17-12-13-6-4-3-5-7-13/h3-7,14H,2,8-12H2,1H3,(H,17,19). The van der Waals surface area contributed by atoms with Gasteiger partial charge >= 0.3 is 6.09 Å². The van der Waals surface area contributed by atoms with Gasteiger partial charge in [0.2, 0.25) is 5.91 Å². The van der Waals surface area contributed by atoms with Crippen molar-refractivity contribution < 1.29 is 14.3 Å². The molecule has 21 heavy (non-hydrogen) atoms. The fraction of sp³-hybridized carbons (Fsp3) is 0.500. The molecule has 1 aliphatic heterocycles. The van der Waals surface area contributed by atoms with E-state index in [0.717, 1.165) is 5.56 Å². The molecule has 0 aromatic heterocycles. The predicted molar refractivity (Wildman–Crippen MR) is 79.6 cm³/mol. The molecule has 1 aromatic rings. The Hall–Kier alpha value is -2.04. The van der Waals surface area contributed by atoms with Crippen molar-refractivity contribution in [2.75, 3.05) is 19.7 Å². The number of ether oxygens (including phenoxy) is 1. The van der Waals surface area contributed by atoms with Crippen LogP contribution in [0, 0.1) is 5.92 Å². The van der Waals surface area contributed by atoms with Crippen LogP contribution in [0.25, 0.3) is 0 Å². The number of likely N-dealkylation sites (tertiary alicyclic amines) is 1. The normalized spacial score (nSPS) is 15.6. The Balaban J connectivity index is 1.74. The Morgan fingerprint density at radius 2 is 1.90 bits per heavy atom. The molecule has 5 heteroatoms. The predicted octanol–water partition coefficient (Wildman–Crippen LogP) is 2.17. The number of nitrogens with one attached hydrogen (secondary N) is 1. The average Bonchev–Trinajstić information content (AvgIpc) is 2.54. The molecule has 0 atom stereocenters. The van der Waals surface area contributed by atoms with Crippen LogP contribution in [0.3, 0.4) is 0 Å². The highest BCUT2D eigenvalue weighted by atomic mass is 16.6. The second-order valence-electron chi connectivity index (χ2n) is 5.16. The molecule has 114 valence electrons. The van der Waals surface area contributed by atoms with Gasteiger partial charge in [-0.05, 0) is 25.3 Å². The number of nitrogens with zero attached hydrogens (tertiary/aromatic N) is 1. The lowest BCUT2D eigenvalue weighted by atomic mass is 9.96. The molecule has 0 aliphatic carbocycles. The minimum absolute atomic E-state index is 0.0145. The van der Waals surface area contributed by atoms with Crippen LogP contribution in [0.2, 0.25) is 0 Å². The number of carbonyl (C=O) groups is 2. The van der Waals surface area contributed by atoms with Crippen LogP contribution >= 0.6 is 0 Å². The van der Waals surface area contributed by atoms with Crippen LogP contribution < -0.4 is 5.32 Å². The van der Waals surface area contributed by atoms with Gasteiger partial charge < -0.3 is 15.0 Å². The molecule has 1 aliphatic rings. The summed E-state index contributed by atoms with van der Waals surface area (Å²) in [6.45, 7) is 3.90. The van der Waals surface area contributed by atoms with Gasteiger partial charge in [-0.3, -0.25) is 4.79 Å². The highest BCUT2D eigenvalue weighted by Gasteiger charge is 2.27. The summed E-state index contributed by atoms with van der Waals surface area (Å²) in [4.78, 5) is 25.4. The maximum Gasteiger partial charge on any atom is 0.409 e. The highest BCUT2D eigenvalue weighted by Crippen LogP contribution is 2.18. The van der Waals surface area contributed by atoms with Crippen molar-refractivity contribution in [1.29, 1.82) is 0 Å². The first-order valence-electron chi connectivity index (χ1n) is 7.44.